The predicted molar refractivity (Wildman–Crippen MR) is 186 cm³/mol. The van der Waals surface area contributed by atoms with Crippen molar-refractivity contribution < 1.29 is 33.4 Å². The van der Waals surface area contributed by atoms with E-state index in [2.05, 4.69) is 22.2 Å². The number of amidine groups is 1. The van der Waals surface area contributed by atoms with Crippen molar-refractivity contribution in [2.24, 2.45) is 23.0 Å². The van der Waals surface area contributed by atoms with Crippen LogP contribution in [0.25, 0.3) is 17.2 Å². The van der Waals surface area contributed by atoms with Crippen LogP contribution in [0.3, 0.4) is 0 Å². The molecule has 3 aromatic rings. The molecule has 1 fully saturated rings. The molecule has 258 valence electrons. The van der Waals surface area contributed by atoms with Crippen LogP contribution < -0.4 is 21.1 Å². The van der Waals surface area contributed by atoms with E-state index in [4.69, 9.17) is 25.4 Å². The first kappa shape index (κ1) is 36.3. The molecule has 1 atom stereocenters. The zero-order chi connectivity index (χ0) is 36.0. The van der Waals surface area contributed by atoms with Crippen LogP contribution in [0.5, 0.6) is 5.75 Å². The van der Waals surface area contributed by atoms with Crippen molar-refractivity contribution in [1.29, 1.82) is 5.41 Å². The Morgan fingerprint density at radius 3 is 2.24 bits per heavy atom. The molecule has 0 radical (unpaired) electrons. The fourth-order valence-corrected chi connectivity index (χ4v) is 4.62. The minimum absolute atomic E-state index is 0.0321. The monoisotopic (exact) mass is 669 g/mol. The number of nitrogens with one attached hydrogen (secondary N) is 3. The van der Waals surface area contributed by atoms with E-state index in [9.17, 15) is 19.2 Å². The molecule has 5 N–H and O–H groups in total. The second-order valence-corrected chi connectivity index (χ2v) is 13.2. The van der Waals surface area contributed by atoms with Gasteiger partial charge >= 0.3 is 11.9 Å². The minimum Gasteiger partial charge on any atom is -0.496 e. The molecule has 2 aromatic carbocycles. The first-order valence-electron chi connectivity index (χ1n) is 15.9. The Balaban J connectivity index is 1.82. The Morgan fingerprint density at radius 2 is 1.69 bits per heavy atom. The number of hydrogen-bond acceptors (Lipinski definition) is 9. The summed E-state index contributed by atoms with van der Waals surface area (Å²) in [5.74, 6) is -2.32. The number of esters is 2. The predicted octanol–water partition coefficient (Wildman–Crippen LogP) is 5.80. The molecule has 1 saturated carbocycles. The van der Waals surface area contributed by atoms with Gasteiger partial charge in [-0.05, 0) is 88.1 Å². The summed E-state index contributed by atoms with van der Waals surface area (Å²) in [4.78, 5) is 58.2. The zero-order valence-corrected chi connectivity index (χ0v) is 28.6. The number of rotatable bonds is 13. The third kappa shape index (κ3) is 9.10. The summed E-state index contributed by atoms with van der Waals surface area (Å²) >= 11 is 0. The summed E-state index contributed by atoms with van der Waals surface area (Å²) in [5.41, 5.74) is 6.37. The summed E-state index contributed by atoms with van der Waals surface area (Å²) < 4.78 is 16.9. The third-order valence-corrected chi connectivity index (χ3v) is 7.75. The molecule has 1 aliphatic rings. The molecule has 1 aromatic heterocycles. The number of amides is 2. The number of nitrogen functional groups attached to an aromatic ring is 1. The highest BCUT2D eigenvalue weighted by Gasteiger charge is 2.32. The number of aromatic nitrogens is 1. The van der Waals surface area contributed by atoms with Crippen molar-refractivity contribution in [3.8, 4) is 16.9 Å². The average Bonchev–Trinajstić information content (AvgIpc) is 3.90. The maximum Gasteiger partial charge on any atom is 0.360 e. The summed E-state index contributed by atoms with van der Waals surface area (Å²) in [5, 5.41) is 13.3. The second kappa shape index (κ2) is 15.1. The van der Waals surface area contributed by atoms with Gasteiger partial charge in [0.1, 0.15) is 17.3 Å². The molecule has 0 spiro atoms. The highest BCUT2D eigenvalue weighted by Crippen LogP contribution is 2.35. The fourth-order valence-electron chi connectivity index (χ4n) is 4.62. The molecule has 49 heavy (non-hydrogen) atoms. The summed E-state index contributed by atoms with van der Waals surface area (Å²) in [6, 6.07) is 12.5. The van der Waals surface area contributed by atoms with Gasteiger partial charge in [-0.3, -0.25) is 19.8 Å². The summed E-state index contributed by atoms with van der Waals surface area (Å²) in [7, 11) is 1.46. The van der Waals surface area contributed by atoms with Crippen molar-refractivity contribution in [1.82, 2.24) is 10.3 Å². The standard InChI is InChI=1S/C37H43N5O7/c1-8-22-17-27(32(43)41-24-13-11-23(12-14-24)31(38)39)26(18-29(22)47-7)25-15-16-28(33(44)40-19-21-9-10-21)42-30(25)34(45)48-35(20(2)3)49-36(46)37(4,5)6/h8,11-18,20-21,35H,1,9-10,19H2,2-7H3,(H3,38,39)(H,40,44)(H,41,43). The fraction of sp³-hybridized carbons (Fsp3) is 0.351. The van der Waals surface area contributed by atoms with E-state index in [1.54, 1.807) is 71.0 Å². The molecule has 12 heteroatoms. The quantitative estimate of drug-likeness (QED) is 0.0756. The molecule has 0 aliphatic heterocycles. The van der Waals surface area contributed by atoms with Crippen molar-refractivity contribution in [2.75, 3.05) is 19.0 Å². The molecule has 12 nitrogen and oxygen atoms in total. The highest BCUT2D eigenvalue weighted by molar-refractivity contribution is 6.11. The van der Waals surface area contributed by atoms with Crippen LogP contribution in [-0.4, -0.2) is 54.5 Å². The van der Waals surface area contributed by atoms with Gasteiger partial charge < -0.3 is 30.6 Å². The maximum absolute atomic E-state index is 14.0. The van der Waals surface area contributed by atoms with E-state index in [0.29, 0.717) is 35.0 Å². The zero-order valence-electron chi connectivity index (χ0n) is 28.6. The molecule has 1 aliphatic carbocycles. The van der Waals surface area contributed by atoms with E-state index in [-0.39, 0.29) is 33.9 Å². The van der Waals surface area contributed by atoms with Gasteiger partial charge in [-0.25, -0.2) is 9.78 Å². The number of benzene rings is 2. The lowest BCUT2D eigenvalue weighted by molar-refractivity contribution is -0.184. The van der Waals surface area contributed by atoms with Crippen LogP contribution in [0.2, 0.25) is 0 Å². The minimum atomic E-state index is -1.26. The number of hydrogen-bond donors (Lipinski definition) is 4. The van der Waals surface area contributed by atoms with Crippen molar-refractivity contribution in [3.63, 3.8) is 0 Å². The molecule has 1 unspecified atom stereocenters. The van der Waals surface area contributed by atoms with Gasteiger partial charge in [0.05, 0.1) is 12.5 Å². The molecule has 0 bridgehead atoms. The first-order valence-corrected chi connectivity index (χ1v) is 15.9. The van der Waals surface area contributed by atoms with Gasteiger partial charge in [0.15, 0.2) is 5.69 Å². The number of ether oxygens (including phenoxy) is 3. The van der Waals surface area contributed by atoms with E-state index < -0.39 is 41.4 Å². The van der Waals surface area contributed by atoms with Gasteiger partial charge in [0, 0.05) is 46.0 Å². The molecule has 2 amide bonds. The Labute approximate surface area is 285 Å². The van der Waals surface area contributed by atoms with Crippen molar-refractivity contribution in [2.45, 2.75) is 53.8 Å². The van der Waals surface area contributed by atoms with E-state index in [1.165, 1.54) is 25.3 Å². The number of carbonyl (C=O) groups is 4. The SMILES string of the molecule is C=Cc1cc(C(=O)Nc2ccc(C(=N)N)cc2)c(-c2ccc(C(=O)NCC3CC3)nc2C(=O)OC(OC(=O)C(C)(C)C)C(C)C)cc1OC. The largest absolute Gasteiger partial charge is 0.496 e. The van der Waals surface area contributed by atoms with Crippen molar-refractivity contribution >= 4 is 41.4 Å². The van der Waals surface area contributed by atoms with Crippen LogP contribution in [-0.2, 0) is 14.3 Å². The average molecular weight is 670 g/mol. The second-order valence-electron chi connectivity index (χ2n) is 13.2. The van der Waals surface area contributed by atoms with Gasteiger partial charge in [0.2, 0.25) is 6.29 Å². The number of carbonyl (C=O) groups excluding carboxylic acids is 4. The molecule has 4 rings (SSSR count). The van der Waals surface area contributed by atoms with Gasteiger partial charge in [-0.15, -0.1) is 0 Å². The van der Waals surface area contributed by atoms with Crippen LogP contribution >= 0.6 is 0 Å². The van der Waals surface area contributed by atoms with Gasteiger partial charge in [-0.2, -0.15) is 0 Å². The Morgan fingerprint density at radius 1 is 1.02 bits per heavy atom. The lowest BCUT2D eigenvalue weighted by atomic mass is 9.94. The van der Waals surface area contributed by atoms with E-state index in [0.717, 1.165) is 12.8 Å². The molecular formula is C37H43N5O7. The lowest BCUT2D eigenvalue weighted by Gasteiger charge is -2.25. The van der Waals surface area contributed by atoms with Crippen LogP contribution in [0, 0.1) is 22.7 Å². The topological polar surface area (TPSA) is 183 Å². The molecule has 0 saturated heterocycles. The molecule has 1 heterocycles. The maximum atomic E-state index is 14.0. The van der Waals surface area contributed by atoms with E-state index >= 15 is 0 Å². The van der Waals surface area contributed by atoms with Gasteiger partial charge in [0.25, 0.3) is 11.8 Å². The Kier molecular flexibility index (Phi) is 11.2. The summed E-state index contributed by atoms with van der Waals surface area (Å²) in [6.07, 6.45) is 2.32. The summed E-state index contributed by atoms with van der Waals surface area (Å²) in [6.45, 7) is 12.8. The number of pyridine rings is 1. The van der Waals surface area contributed by atoms with Gasteiger partial charge in [-0.1, -0.05) is 26.5 Å². The third-order valence-electron chi connectivity index (χ3n) is 7.75. The Bertz CT molecular complexity index is 1770. The lowest BCUT2D eigenvalue weighted by Crippen LogP contribution is -2.34. The molecular weight excluding hydrogens is 626 g/mol. The number of anilines is 1. The van der Waals surface area contributed by atoms with E-state index in [1.807, 2.05) is 0 Å². The van der Waals surface area contributed by atoms with Crippen LogP contribution in [0.1, 0.15) is 89.9 Å². The Hall–Kier alpha value is -5.52. The smallest absolute Gasteiger partial charge is 0.360 e. The van der Waals surface area contributed by atoms with Crippen molar-refractivity contribution in [3.05, 3.63) is 83.2 Å². The number of nitrogens with two attached hydrogens (primary N) is 1. The highest BCUT2D eigenvalue weighted by atomic mass is 16.7. The number of methoxy groups -OCH3 is 1. The van der Waals surface area contributed by atoms with Crippen LogP contribution in [0.15, 0.2) is 55.1 Å². The van der Waals surface area contributed by atoms with Crippen LogP contribution in [0.4, 0.5) is 5.69 Å². The normalized spacial score (nSPS) is 13.2. The first-order chi connectivity index (χ1) is 23.1. The number of nitrogens with zero attached hydrogens (tertiary/aromatic N) is 1.